The highest BCUT2D eigenvalue weighted by atomic mass is 14.8. The predicted molar refractivity (Wildman–Crippen MR) is 312 cm³/mol. The molecule has 0 amide bonds. The van der Waals surface area contributed by atoms with Crippen molar-refractivity contribution in [3.8, 4) is 22.3 Å². The Hall–Kier alpha value is -9.76. The second-order valence-electron chi connectivity index (χ2n) is 18.7. The third-order valence-corrected chi connectivity index (χ3v) is 14.3. The second kappa shape index (κ2) is 19.4. The van der Waals surface area contributed by atoms with Gasteiger partial charge < -0.3 is 0 Å². The summed E-state index contributed by atoms with van der Waals surface area (Å²) in [4.78, 5) is 11.5. The Balaban J connectivity index is 1.02. The fourth-order valence-electron chi connectivity index (χ4n) is 10.9. The van der Waals surface area contributed by atoms with E-state index in [1.165, 1.54) is 55.3 Å². The van der Waals surface area contributed by atoms with Crippen LogP contribution in [0.2, 0.25) is 0 Å². The summed E-state index contributed by atoms with van der Waals surface area (Å²) >= 11 is 0. The van der Waals surface area contributed by atoms with Gasteiger partial charge in [-0.2, -0.15) is 0 Å². The van der Waals surface area contributed by atoms with E-state index < -0.39 is 0 Å². The number of benzene rings is 12. The van der Waals surface area contributed by atoms with Crippen LogP contribution in [0.4, 0.5) is 0 Å². The molecule has 0 atom stereocenters. The predicted octanol–water partition coefficient (Wildman–Crippen LogP) is 18.4. The van der Waals surface area contributed by atoms with Gasteiger partial charge in [-0.3, -0.25) is 0 Å². The van der Waals surface area contributed by atoms with Crippen molar-refractivity contribution in [1.29, 1.82) is 0 Å². The van der Waals surface area contributed by atoms with Gasteiger partial charge >= 0.3 is 0 Å². The van der Waals surface area contributed by atoms with Crippen LogP contribution in [0.1, 0.15) is 44.5 Å². The largest absolute Gasteiger partial charge is 0.243 e. The Labute approximate surface area is 431 Å². The summed E-state index contributed by atoms with van der Waals surface area (Å²) in [5.74, 6) is 0. The topological polar surface area (TPSA) is 25.8 Å². The van der Waals surface area contributed by atoms with Gasteiger partial charge in [-0.25, -0.2) is 9.97 Å². The number of nitrogens with zero attached hydrogens (tertiary/aromatic N) is 2. The Morgan fingerprint density at radius 2 is 0.392 bits per heavy atom. The Morgan fingerprint density at radius 3 is 0.649 bits per heavy atom. The molecule has 0 saturated carbocycles. The lowest BCUT2D eigenvalue weighted by atomic mass is 9.85. The lowest BCUT2D eigenvalue weighted by molar-refractivity contribution is 1.41. The van der Waals surface area contributed by atoms with E-state index in [0.717, 1.165) is 77.3 Å². The van der Waals surface area contributed by atoms with Crippen LogP contribution >= 0.6 is 0 Å². The van der Waals surface area contributed by atoms with Gasteiger partial charge in [0, 0.05) is 21.9 Å². The highest BCUT2D eigenvalue weighted by Crippen LogP contribution is 2.43. The van der Waals surface area contributed by atoms with Crippen LogP contribution < -0.4 is 0 Å². The summed E-state index contributed by atoms with van der Waals surface area (Å²) < 4.78 is 0. The van der Waals surface area contributed by atoms with E-state index in [2.05, 4.69) is 291 Å². The summed E-state index contributed by atoms with van der Waals surface area (Å²) in [5, 5.41) is 4.52. The summed E-state index contributed by atoms with van der Waals surface area (Å²) in [6, 6.07) is 104. The first-order valence-electron chi connectivity index (χ1n) is 25.3. The summed E-state index contributed by atoms with van der Waals surface area (Å²) in [5.41, 5.74) is 21.7. The van der Waals surface area contributed by atoms with Crippen LogP contribution in [-0.4, -0.2) is 9.97 Å². The quantitative estimate of drug-likeness (QED) is 0.0776. The molecule has 0 unspecified atom stereocenters. The number of hydrogen-bond donors (Lipinski definition) is 0. The molecule has 2 nitrogen and oxygen atoms in total. The first kappa shape index (κ1) is 44.2. The van der Waals surface area contributed by atoms with Gasteiger partial charge in [-0.1, -0.05) is 291 Å². The Morgan fingerprint density at radius 1 is 0.176 bits per heavy atom. The second-order valence-corrected chi connectivity index (χ2v) is 18.7. The first-order chi connectivity index (χ1) is 36.7. The molecule has 2 heteroatoms. The molecule has 13 rings (SSSR count). The van der Waals surface area contributed by atoms with Gasteiger partial charge in [0.1, 0.15) is 0 Å². The smallest absolute Gasteiger partial charge is 0.0979 e. The maximum atomic E-state index is 5.73. The van der Waals surface area contributed by atoms with Crippen molar-refractivity contribution < 1.29 is 0 Å². The average Bonchev–Trinajstić information content (AvgIpc) is 3.49. The zero-order valence-corrected chi connectivity index (χ0v) is 40.6. The molecule has 0 fully saturated rings. The molecule has 0 aliphatic carbocycles. The van der Waals surface area contributed by atoms with E-state index in [1.54, 1.807) is 0 Å². The summed E-state index contributed by atoms with van der Waals surface area (Å²) in [7, 11) is 0. The SMILES string of the molecule is c1ccc(C(=C(c2ccccc2)c2ccc(-c3ccc(-c4ccc(C(=C(c5ccccc5)c5ccccc5)c5ccccc5)cc4)c4nc5c6ccccc6c6ccccc6c5nc34)cc2)c2ccccc2)cc1. The normalized spacial score (nSPS) is 11.2. The highest BCUT2D eigenvalue weighted by Gasteiger charge is 2.21. The van der Waals surface area contributed by atoms with Crippen molar-refractivity contribution in [3.05, 3.63) is 336 Å². The van der Waals surface area contributed by atoms with Crippen LogP contribution in [0, 0.1) is 0 Å². The zero-order valence-electron chi connectivity index (χ0n) is 40.6. The van der Waals surface area contributed by atoms with E-state index in [9.17, 15) is 0 Å². The van der Waals surface area contributed by atoms with Crippen LogP contribution in [0.25, 0.3) is 88.2 Å². The van der Waals surface area contributed by atoms with Crippen LogP contribution in [0.15, 0.2) is 291 Å². The highest BCUT2D eigenvalue weighted by molar-refractivity contribution is 6.24. The van der Waals surface area contributed by atoms with Crippen molar-refractivity contribution in [2.24, 2.45) is 0 Å². The average molecular weight is 941 g/mol. The molecular weight excluding hydrogens is 893 g/mol. The maximum Gasteiger partial charge on any atom is 0.0979 e. The standard InChI is InChI=1S/C72H48N2/c1-7-23-51(24-8-1)65(52-25-9-2-10-26-52)67(55-31-15-5-16-32-55)57-43-39-49(40-44-57)59-47-48-60(70-69(59)73-71-63-37-21-19-35-61(63)62-36-20-22-38-64(62)72(71)74-70)50-41-45-58(46-42-50)68(56-33-17-6-18-34-56)66(53-27-11-3-12-28-53)54-29-13-4-14-30-54/h1-48H. The minimum Gasteiger partial charge on any atom is -0.243 e. The van der Waals surface area contributed by atoms with Gasteiger partial charge in [-0.15, -0.1) is 0 Å². The Bertz CT molecular complexity index is 3850. The van der Waals surface area contributed by atoms with Crippen LogP contribution in [0.3, 0.4) is 0 Å². The molecule has 0 aliphatic heterocycles. The van der Waals surface area contributed by atoms with Crippen molar-refractivity contribution in [3.63, 3.8) is 0 Å². The molecular formula is C72H48N2. The first-order valence-corrected chi connectivity index (χ1v) is 25.3. The zero-order chi connectivity index (χ0) is 49.2. The maximum absolute atomic E-state index is 5.73. The van der Waals surface area contributed by atoms with Gasteiger partial charge in [0.15, 0.2) is 0 Å². The summed E-state index contributed by atoms with van der Waals surface area (Å²) in [6.07, 6.45) is 0. The van der Waals surface area contributed by atoms with E-state index >= 15 is 0 Å². The number of rotatable bonds is 10. The van der Waals surface area contributed by atoms with Gasteiger partial charge in [0.25, 0.3) is 0 Å². The molecule has 0 spiro atoms. The van der Waals surface area contributed by atoms with Gasteiger partial charge in [0.05, 0.1) is 22.1 Å². The minimum absolute atomic E-state index is 0.862. The Kier molecular flexibility index (Phi) is 11.6. The third-order valence-electron chi connectivity index (χ3n) is 14.3. The molecule has 0 bridgehead atoms. The number of aromatic nitrogens is 2. The lowest BCUT2D eigenvalue weighted by Crippen LogP contribution is -1.98. The number of hydrogen-bond acceptors (Lipinski definition) is 2. The van der Waals surface area contributed by atoms with Crippen LogP contribution in [0.5, 0.6) is 0 Å². The molecule has 74 heavy (non-hydrogen) atoms. The van der Waals surface area contributed by atoms with E-state index in [4.69, 9.17) is 9.97 Å². The van der Waals surface area contributed by atoms with Crippen molar-refractivity contribution >= 4 is 65.9 Å². The van der Waals surface area contributed by atoms with E-state index in [1.807, 2.05) is 0 Å². The van der Waals surface area contributed by atoms with Crippen molar-refractivity contribution in [2.75, 3.05) is 0 Å². The molecule has 0 saturated heterocycles. The molecule has 0 aliphatic rings. The van der Waals surface area contributed by atoms with Crippen LogP contribution in [-0.2, 0) is 0 Å². The van der Waals surface area contributed by atoms with E-state index in [0.29, 0.717) is 0 Å². The molecule has 346 valence electrons. The van der Waals surface area contributed by atoms with Gasteiger partial charge in [0.2, 0.25) is 0 Å². The molecule has 12 aromatic carbocycles. The minimum atomic E-state index is 0.862. The monoisotopic (exact) mass is 940 g/mol. The number of fused-ring (bicyclic) bond motifs is 7. The van der Waals surface area contributed by atoms with Crippen molar-refractivity contribution in [2.45, 2.75) is 0 Å². The molecule has 1 heterocycles. The van der Waals surface area contributed by atoms with Gasteiger partial charge in [-0.05, 0) is 88.7 Å². The lowest BCUT2D eigenvalue weighted by Gasteiger charge is -2.19. The summed E-state index contributed by atoms with van der Waals surface area (Å²) in [6.45, 7) is 0. The third kappa shape index (κ3) is 8.15. The fraction of sp³-hybridized carbons (Fsp3) is 0. The molecule has 0 radical (unpaired) electrons. The van der Waals surface area contributed by atoms with E-state index in [-0.39, 0.29) is 0 Å². The molecule has 1 aromatic heterocycles. The molecule has 13 aromatic rings. The van der Waals surface area contributed by atoms with Crippen molar-refractivity contribution in [1.82, 2.24) is 9.97 Å². The molecule has 0 N–H and O–H groups in total. The fourth-order valence-corrected chi connectivity index (χ4v) is 10.9.